The van der Waals surface area contributed by atoms with Gasteiger partial charge in [0.1, 0.15) is 5.82 Å². The SMILES string of the molecule is Fc1ccc(/C=C\C(F)(F)F)cc1. The summed E-state index contributed by atoms with van der Waals surface area (Å²) in [5.74, 6) is -0.468. The lowest BCUT2D eigenvalue weighted by molar-refractivity contribution is -0.0790. The summed E-state index contributed by atoms with van der Waals surface area (Å²) in [5.41, 5.74) is 0.318. The van der Waals surface area contributed by atoms with E-state index in [1.807, 2.05) is 0 Å². The van der Waals surface area contributed by atoms with E-state index in [0.717, 1.165) is 18.2 Å². The maximum absolute atomic E-state index is 12.3. The molecule has 0 fully saturated rings. The van der Waals surface area contributed by atoms with Crippen LogP contribution in [0.2, 0.25) is 0 Å². The number of alkyl halides is 3. The van der Waals surface area contributed by atoms with Crippen LogP contribution in [-0.2, 0) is 0 Å². The van der Waals surface area contributed by atoms with Crippen molar-refractivity contribution in [2.45, 2.75) is 6.18 Å². The normalized spacial score (nSPS) is 12.3. The fourth-order valence-electron chi connectivity index (χ4n) is 0.765. The summed E-state index contributed by atoms with van der Waals surface area (Å²) in [6.07, 6.45) is -3.33. The molecule has 0 unspecified atom stereocenters. The van der Waals surface area contributed by atoms with Crippen LogP contribution in [0.3, 0.4) is 0 Å². The van der Waals surface area contributed by atoms with Gasteiger partial charge in [-0.1, -0.05) is 18.2 Å². The van der Waals surface area contributed by atoms with Gasteiger partial charge in [-0.2, -0.15) is 13.2 Å². The molecule has 0 aliphatic rings. The zero-order chi connectivity index (χ0) is 9.90. The molecule has 0 saturated carbocycles. The van der Waals surface area contributed by atoms with Crippen molar-refractivity contribution in [3.05, 3.63) is 41.7 Å². The minimum atomic E-state index is -4.33. The average Bonchev–Trinajstić information content (AvgIpc) is 2.02. The van der Waals surface area contributed by atoms with Crippen LogP contribution in [-0.4, -0.2) is 6.18 Å². The van der Waals surface area contributed by atoms with E-state index in [4.69, 9.17) is 0 Å². The van der Waals surface area contributed by atoms with Crippen LogP contribution in [0.4, 0.5) is 17.6 Å². The van der Waals surface area contributed by atoms with Crippen LogP contribution in [0.25, 0.3) is 6.08 Å². The third kappa shape index (κ3) is 3.73. The van der Waals surface area contributed by atoms with E-state index < -0.39 is 12.0 Å². The molecule has 0 amide bonds. The number of rotatable bonds is 1. The molecule has 0 aliphatic heterocycles. The molecule has 13 heavy (non-hydrogen) atoms. The summed E-state index contributed by atoms with van der Waals surface area (Å²) < 4.78 is 47.3. The Morgan fingerprint density at radius 1 is 1.00 bits per heavy atom. The van der Waals surface area contributed by atoms with Gasteiger partial charge in [-0.15, -0.1) is 0 Å². The highest BCUT2D eigenvalue weighted by atomic mass is 19.4. The second kappa shape index (κ2) is 3.60. The highest BCUT2D eigenvalue weighted by Gasteiger charge is 2.21. The van der Waals surface area contributed by atoms with E-state index >= 15 is 0 Å². The molecular formula is C9H6F4. The first-order chi connectivity index (χ1) is 5.97. The lowest BCUT2D eigenvalue weighted by Crippen LogP contribution is -2.00. The highest BCUT2D eigenvalue weighted by molar-refractivity contribution is 5.49. The Balaban J connectivity index is 2.75. The zero-order valence-corrected chi connectivity index (χ0v) is 6.48. The van der Waals surface area contributed by atoms with Crippen LogP contribution in [0, 0.1) is 5.82 Å². The van der Waals surface area contributed by atoms with E-state index in [-0.39, 0.29) is 6.08 Å². The van der Waals surface area contributed by atoms with E-state index in [2.05, 4.69) is 0 Å². The van der Waals surface area contributed by atoms with Gasteiger partial charge in [0.25, 0.3) is 0 Å². The molecule has 0 nitrogen and oxygen atoms in total. The summed E-state index contributed by atoms with van der Waals surface area (Å²) in [7, 11) is 0. The number of halogens is 4. The van der Waals surface area contributed by atoms with Crippen molar-refractivity contribution in [1.82, 2.24) is 0 Å². The van der Waals surface area contributed by atoms with Gasteiger partial charge < -0.3 is 0 Å². The van der Waals surface area contributed by atoms with Crippen LogP contribution in [0.1, 0.15) is 5.56 Å². The maximum Gasteiger partial charge on any atom is 0.409 e. The zero-order valence-electron chi connectivity index (χ0n) is 6.48. The summed E-state index contributed by atoms with van der Waals surface area (Å²) >= 11 is 0. The topological polar surface area (TPSA) is 0 Å². The lowest BCUT2D eigenvalue weighted by atomic mass is 10.2. The van der Waals surface area contributed by atoms with Gasteiger partial charge in [0, 0.05) is 6.08 Å². The summed E-state index contributed by atoms with van der Waals surface area (Å²) in [5, 5.41) is 0. The second-order valence-electron chi connectivity index (χ2n) is 2.43. The first-order valence-electron chi connectivity index (χ1n) is 3.49. The van der Waals surface area contributed by atoms with Crippen LogP contribution in [0.15, 0.2) is 30.3 Å². The van der Waals surface area contributed by atoms with Gasteiger partial charge in [-0.25, -0.2) is 4.39 Å². The molecule has 4 heteroatoms. The average molecular weight is 190 g/mol. The Hall–Kier alpha value is -1.32. The molecule has 0 aliphatic carbocycles. The Morgan fingerprint density at radius 3 is 2.00 bits per heavy atom. The first kappa shape index (κ1) is 9.77. The summed E-state index contributed by atoms with van der Waals surface area (Å²) in [6, 6.07) is 4.77. The standard InChI is InChI=1S/C9H6F4/c10-8-3-1-7(2-4-8)5-6-9(11,12)13/h1-6H/b6-5-. The Bertz CT molecular complexity index is 294. The second-order valence-corrected chi connectivity index (χ2v) is 2.43. The number of benzene rings is 1. The summed E-state index contributed by atoms with van der Waals surface area (Å²) in [6.45, 7) is 0. The monoisotopic (exact) mass is 190 g/mol. The van der Waals surface area contributed by atoms with Gasteiger partial charge in [-0.05, 0) is 17.7 Å². The highest BCUT2D eigenvalue weighted by Crippen LogP contribution is 2.18. The molecule has 70 valence electrons. The molecule has 0 radical (unpaired) electrons. The predicted octanol–water partition coefficient (Wildman–Crippen LogP) is 3.40. The third-order valence-corrected chi connectivity index (χ3v) is 1.33. The molecule has 0 heterocycles. The molecule has 1 rings (SSSR count). The van der Waals surface area contributed by atoms with Crippen molar-refractivity contribution in [1.29, 1.82) is 0 Å². The Labute approximate surface area is 72.5 Å². The van der Waals surface area contributed by atoms with Crippen molar-refractivity contribution in [3.8, 4) is 0 Å². The minimum Gasteiger partial charge on any atom is -0.207 e. The molecule has 0 saturated heterocycles. The number of allylic oxidation sites excluding steroid dienone is 1. The smallest absolute Gasteiger partial charge is 0.207 e. The van der Waals surface area contributed by atoms with E-state index in [0.29, 0.717) is 5.56 Å². The molecule has 0 atom stereocenters. The molecular weight excluding hydrogens is 184 g/mol. The van der Waals surface area contributed by atoms with Gasteiger partial charge in [0.15, 0.2) is 0 Å². The van der Waals surface area contributed by atoms with Crippen LogP contribution < -0.4 is 0 Å². The molecule has 0 N–H and O–H groups in total. The van der Waals surface area contributed by atoms with Gasteiger partial charge in [0.05, 0.1) is 0 Å². The van der Waals surface area contributed by atoms with Crippen molar-refractivity contribution >= 4 is 6.08 Å². The van der Waals surface area contributed by atoms with E-state index in [1.165, 1.54) is 12.1 Å². The van der Waals surface area contributed by atoms with Crippen LogP contribution >= 0.6 is 0 Å². The maximum atomic E-state index is 12.3. The summed E-state index contributed by atoms with van der Waals surface area (Å²) in [4.78, 5) is 0. The lowest BCUT2D eigenvalue weighted by Gasteiger charge is -1.97. The van der Waals surface area contributed by atoms with Crippen molar-refractivity contribution in [2.24, 2.45) is 0 Å². The molecule has 0 bridgehead atoms. The molecule has 1 aromatic carbocycles. The van der Waals surface area contributed by atoms with Crippen molar-refractivity contribution < 1.29 is 17.6 Å². The third-order valence-electron chi connectivity index (χ3n) is 1.33. The molecule has 1 aromatic rings. The fourth-order valence-corrected chi connectivity index (χ4v) is 0.765. The van der Waals surface area contributed by atoms with Crippen molar-refractivity contribution in [3.63, 3.8) is 0 Å². The quantitative estimate of drug-likeness (QED) is 0.595. The van der Waals surface area contributed by atoms with Gasteiger partial charge in [-0.3, -0.25) is 0 Å². The molecule has 0 aromatic heterocycles. The molecule has 0 spiro atoms. The largest absolute Gasteiger partial charge is 0.409 e. The number of hydrogen-bond donors (Lipinski definition) is 0. The van der Waals surface area contributed by atoms with E-state index in [1.54, 1.807) is 0 Å². The minimum absolute atomic E-state index is 0.111. The first-order valence-corrected chi connectivity index (χ1v) is 3.49. The number of hydrogen-bond acceptors (Lipinski definition) is 0. The Kier molecular flexibility index (Phi) is 2.70. The Morgan fingerprint density at radius 2 is 1.54 bits per heavy atom. The van der Waals surface area contributed by atoms with Gasteiger partial charge >= 0.3 is 6.18 Å². The predicted molar refractivity (Wildman–Crippen MR) is 41.5 cm³/mol. The van der Waals surface area contributed by atoms with Crippen molar-refractivity contribution in [2.75, 3.05) is 0 Å². The van der Waals surface area contributed by atoms with Crippen LogP contribution in [0.5, 0.6) is 0 Å². The van der Waals surface area contributed by atoms with E-state index in [9.17, 15) is 17.6 Å². The fraction of sp³-hybridized carbons (Fsp3) is 0.111. The van der Waals surface area contributed by atoms with Gasteiger partial charge in [0.2, 0.25) is 0 Å².